The van der Waals surface area contributed by atoms with Crippen LogP contribution in [0.25, 0.3) is 0 Å². The second-order valence-electron chi connectivity index (χ2n) is 9.11. The first-order chi connectivity index (χ1) is 18.4. The monoisotopic (exact) mass is 537 g/mol. The normalized spacial score (nSPS) is 20.0. The standard InChI is InChI=1S/C27H24FN3O6S/c1-16(32)36-15-37-26-21(33)8-9-30-25(26)27(34)29-10-11-35-13-23(29)31(30)24-19-7-6-18(28)12-17(19)14-38-22-5-3-2-4-20(22)24/h2-9,12,23-24H,10-11,13-15H2,1H3/t23-,24+/m1/s1. The highest BCUT2D eigenvalue weighted by atomic mass is 32.2. The zero-order valence-corrected chi connectivity index (χ0v) is 21.3. The van der Waals surface area contributed by atoms with Crippen molar-refractivity contribution in [1.82, 2.24) is 9.58 Å². The number of nitrogens with zero attached hydrogens (tertiary/aromatic N) is 3. The van der Waals surface area contributed by atoms with Crippen LogP contribution in [-0.4, -0.2) is 54.2 Å². The summed E-state index contributed by atoms with van der Waals surface area (Å²) in [5.41, 5.74) is 2.22. The first-order valence-electron chi connectivity index (χ1n) is 12.1. The number of carbonyl (C=O) groups is 2. The van der Waals surface area contributed by atoms with Crippen LogP contribution in [0.2, 0.25) is 0 Å². The predicted octanol–water partition coefficient (Wildman–Crippen LogP) is 3.03. The second kappa shape index (κ2) is 9.80. The Morgan fingerprint density at radius 1 is 1.16 bits per heavy atom. The Balaban J connectivity index is 1.59. The fourth-order valence-corrected chi connectivity index (χ4v) is 6.32. The van der Waals surface area contributed by atoms with E-state index in [1.807, 2.05) is 29.3 Å². The summed E-state index contributed by atoms with van der Waals surface area (Å²) in [4.78, 5) is 40.7. The number of esters is 1. The van der Waals surface area contributed by atoms with Gasteiger partial charge >= 0.3 is 5.97 Å². The van der Waals surface area contributed by atoms with Gasteiger partial charge < -0.3 is 19.1 Å². The number of aromatic nitrogens is 1. The molecule has 4 heterocycles. The molecule has 1 amide bonds. The Hall–Kier alpha value is -3.83. The molecule has 0 saturated carbocycles. The van der Waals surface area contributed by atoms with Crippen molar-refractivity contribution in [3.8, 4) is 5.75 Å². The van der Waals surface area contributed by atoms with Gasteiger partial charge in [0.2, 0.25) is 18.0 Å². The topological polar surface area (TPSA) is 90.3 Å². The molecule has 11 heteroatoms. The number of pyridine rings is 1. The van der Waals surface area contributed by atoms with Crippen molar-refractivity contribution in [1.29, 1.82) is 0 Å². The number of thioether (sulfide) groups is 1. The van der Waals surface area contributed by atoms with E-state index in [0.29, 0.717) is 18.9 Å². The molecular formula is C27H24FN3O6S. The number of halogens is 1. The largest absolute Gasteiger partial charge is 0.451 e. The Kier molecular flexibility index (Phi) is 6.32. The number of morpholine rings is 1. The van der Waals surface area contributed by atoms with Crippen molar-refractivity contribution in [2.24, 2.45) is 0 Å². The molecule has 1 fully saturated rings. The molecule has 0 aliphatic carbocycles. The molecule has 1 saturated heterocycles. The van der Waals surface area contributed by atoms with Gasteiger partial charge in [0.15, 0.2) is 5.69 Å². The number of ether oxygens (including phenoxy) is 3. The van der Waals surface area contributed by atoms with E-state index in [1.54, 1.807) is 39.7 Å². The molecular weight excluding hydrogens is 513 g/mol. The van der Waals surface area contributed by atoms with Gasteiger partial charge in [0.1, 0.15) is 12.0 Å². The zero-order chi connectivity index (χ0) is 26.4. The summed E-state index contributed by atoms with van der Waals surface area (Å²) in [6, 6.07) is 13.6. The van der Waals surface area contributed by atoms with E-state index >= 15 is 0 Å². The van der Waals surface area contributed by atoms with E-state index in [4.69, 9.17) is 14.2 Å². The highest BCUT2D eigenvalue weighted by Gasteiger charge is 2.46. The molecule has 1 aromatic heterocycles. The van der Waals surface area contributed by atoms with Crippen LogP contribution in [-0.2, 0) is 20.0 Å². The lowest BCUT2D eigenvalue weighted by Crippen LogP contribution is -2.66. The minimum Gasteiger partial charge on any atom is -0.451 e. The van der Waals surface area contributed by atoms with Crippen molar-refractivity contribution >= 4 is 23.6 Å². The van der Waals surface area contributed by atoms with Gasteiger partial charge in [-0.15, -0.1) is 11.8 Å². The quantitative estimate of drug-likeness (QED) is 0.371. The minimum absolute atomic E-state index is 0.0286. The van der Waals surface area contributed by atoms with Gasteiger partial charge in [-0.25, -0.2) is 4.39 Å². The van der Waals surface area contributed by atoms with Gasteiger partial charge in [0, 0.05) is 36.4 Å². The maximum Gasteiger partial charge on any atom is 0.305 e. The van der Waals surface area contributed by atoms with Crippen LogP contribution in [0.1, 0.15) is 40.1 Å². The van der Waals surface area contributed by atoms with E-state index in [-0.39, 0.29) is 29.8 Å². The van der Waals surface area contributed by atoms with Crippen LogP contribution < -0.4 is 15.2 Å². The fraction of sp³-hybridized carbons (Fsp3) is 0.296. The van der Waals surface area contributed by atoms with Crippen LogP contribution in [0.5, 0.6) is 5.75 Å². The fourth-order valence-electron chi connectivity index (χ4n) is 5.24. The summed E-state index contributed by atoms with van der Waals surface area (Å²) in [6.45, 7) is 1.61. The first kappa shape index (κ1) is 24.5. The molecule has 2 atom stereocenters. The van der Waals surface area contributed by atoms with Crippen LogP contribution in [0.3, 0.4) is 0 Å². The van der Waals surface area contributed by atoms with Gasteiger partial charge in [0.25, 0.3) is 5.91 Å². The second-order valence-corrected chi connectivity index (χ2v) is 10.1. The Labute approximate surface area is 221 Å². The molecule has 0 spiro atoms. The molecule has 9 nitrogen and oxygen atoms in total. The summed E-state index contributed by atoms with van der Waals surface area (Å²) in [7, 11) is 0. The molecule has 0 N–H and O–H groups in total. The van der Waals surface area contributed by atoms with Crippen LogP contribution in [0.15, 0.2) is 64.4 Å². The number of benzene rings is 2. The van der Waals surface area contributed by atoms with Crippen LogP contribution >= 0.6 is 11.8 Å². The average molecular weight is 538 g/mol. The molecule has 196 valence electrons. The number of rotatable bonds is 4. The lowest BCUT2D eigenvalue weighted by molar-refractivity contribution is -0.147. The zero-order valence-electron chi connectivity index (χ0n) is 20.5. The molecule has 2 aromatic carbocycles. The highest BCUT2D eigenvalue weighted by molar-refractivity contribution is 7.98. The van der Waals surface area contributed by atoms with E-state index in [9.17, 15) is 18.8 Å². The third-order valence-corrected chi connectivity index (χ3v) is 8.02. The summed E-state index contributed by atoms with van der Waals surface area (Å²) in [6.07, 6.45) is 1.04. The average Bonchev–Trinajstić information content (AvgIpc) is 3.07. The van der Waals surface area contributed by atoms with Gasteiger partial charge in [-0.1, -0.05) is 24.3 Å². The highest BCUT2D eigenvalue weighted by Crippen LogP contribution is 2.44. The minimum atomic E-state index is -0.576. The Morgan fingerprint density at radius 2 is 2.00 bits per heavy atom. The molecule has 3 aromatic rings. The molecule has 0 bridgehead atoms. The summed E-state index contributed by atoms with van der Waals surface area (Å²) >= 11 is 1.62. The van der Waals surface area contributed by atoms with E-state index in [1.165, 1.54) is 19.1 Å². The summed E-state index contributed by atoms with van der Waals surface area (Å²) in [5.74, 6) is -0.917. The van der Waals surface area contributed by atoms with Gasteiger partial charge in [-0.3, -0.25) is 24.1 Å². The molecule has 0 radical (unpaired) electrons. The number of amides is 1. The number of fused-ring (bicyclic) bond motifs is 4. The van der Waals surface area contributed by atoms with Crippen molar-refractivity contribution in [3.05, 3.63) is 93.2 Å². The number of hydrogen-bond acceptors (Lipinski definition) is 8. The maximum absolute atomic E-state index is 14.4. The third kappa shape index (κ3) is 4.11. The van der Waals surface area contributed by atoms with Gasteiger partial charge in [-0.05, 0) is 34.9 Å². The first-order valence-corrected chi connectivity index (χ1v) is 13.1. The smallest absolute Gasteiger partial charge is 0.305 e. The number of carbonyl (C=O) groups excluding carboxylic acids is 2. The van der Waals surface area contributed by atoms with Crippen molar-refractivity contribution in [3.63, 3.8) is 0 Å². The summed E-state index contributed by atoms with van der Waals surface area (Å²) in [5, 5.41) is 2.00. The Bertz CT molecular complexity index is 1490. The number of hydrogen-bond donors (Lipinski definition) is 0. The molecule has 3 aliphatic rings. The SMILES string of the molecule is CC(=O)OCOc1c2n(ccc1=O)N([C@H]1c3ccc(F)cc3CSc3ccccc31)[C@@H]1COCCN1C2=O. The predicted molar refractivity (Wildman–Crippen MR) is 136 cm³/mol. The van der Waals surface area contributed by atoms with Crippen LogP contribution in [0, 0.1) is 5.82 Å². The molecule has 3 aliphatic heterocycles. The van der Waals surface area contributed by atoms with Crippen molar-refractivity contribution in [2.45, 2.75) is 29.8 Å². The lowest BCUT2D eigenvalue weighted by Gasteiger charge is -2.51. The van der Waals surface area contributed by atoms with E-state index in [0.717, 1.165) is 21.6 Å². The van der Waals surface area contributed by atoms with Crippen molar-refractivity contribution < 1.29 is 28.2 Å². The molecule has 6 rings (SSSR count). The van der Waals surface area contributed by atoms with E-state index in [2.05, 4.69) is 0 Å². The maximum atomic E-state index is 14.4. The summed E-state index contributed by atoms with van der Waals surface area (Å²) < 4.78 is 32.3. The lowest BCUT2D eigenvalue weighted by atomic mass is 9.93. The third-order valence-electron chi connectivity index (χ3n) is 6.88. The van der Waals surface area contributed by atoms with E-state index < -0.39 is 30.4 Å². The van der Waals surface area contributed by atoms with Gasteiger partial charge in [0.05, 0.1) is 19.3 Å². The van der Waals surface area contributed by atoms with Crippen LogP contribution in [0.4, 0.5) is 4.39 Å². The van der Waals surface area contributed by atoms with Crippen molar-refractivity contribution in [2.75, 3.05) is 31.6 Å². The molecule has 0 unspecified atom stereocenters. The Morgan fingerprint density at radius 3 is 2.84 bits per heavy atom. The molecule has 38 heavy (non-hydrogen) atoms. The van der Waals surface area contributed by atoms with Gasteiger partial charge in [-0.2, -0.15) is 0 Å².